The predicted octanol–water partition coefficient (Wildman–Crippen LogP) is 3.71. The van der Waals surface area contributed by atoms with Gasteiger partial charge in [-0.05, 0) is 60.9 Å². The van der Waals surface area contributed by atoms with Crippen LogP contribution in [0.4, 0.5) is 0 Å². The van der Waals surface area contributed by atoms with E-state index in [0.29, 0.717) is 29.4 Å². The highest BCUT2D eigenvalue weighted by Gasteiger charge is 2.45. The van der Waals surface area contributed by atoms with Gasteiger partial charge in [0.15, 0.2) is 12.4 Å². The van der Waals surface area contributed by atoms with Gasteiger partial charge in [-0.1, -0.05) is 42.2 Å². The maximum atomic E-state index is 13.6. The normalized spacial score (nSPS) is 16.8. The van der Waals surface area contributed by atoms with E-state index in [-0.39, 0.29) is 12.1 Å². The number of likely N-dealkylation sites (tertiary alicyclic amines) is 1. The summed E-state index contributed by atoms with van der Waals surface area (Å²) in [5.74, 6) is -0.466. The average molecular weight is 495 g/mol. The lowest BCUT2D eigenvalue weighted by molar-refractivity contribution is -0.378. The molecule has 37 heavy (non-hydrogen) atoms. The van der Waals surface area contributed by atoms with Gasteiger partial charge in [0.25, 0.3) is 5.91 Å². The number of pyridine rings is 1. The number of furan rings is 1. The Balaban J connectivity index is 1.46. The van der Waals surface area contributed by atoms with Crippen LogP contribution in [-0.2, 0) is 22.7 Å². The summed E-state index contributed by atoms with van der Waals surface area (Å²) >= 11 is 0. The smallest absolute Gasteiger partial charge is 0.295 e. The summed E-state index contributed by atoms with van der Waals surface area (Å²) < 4.78 is 11.7. The molecule has 7 heteroatoms. The SMILES string of the molecule is Cc1ccc(C2/C(=C(\[O-])c3ccc(OCc4ccccc4C)cc3)C(=O)C(=O)N2Cc2ccc[nH+]c2)o1. The fourth-order valence-electron chi connectivity index (χ4n) is 4.45. The molecule has 0 aliphatic carbocycles. The zero-order valence-corrected chi connectivity index (χ0v) is 20.6. The Kier molecular flexibility index (Phi) is 6.60. The maximum Gasteiger partial charge on any atom is 0.295 e. The fourth-order valence-corrected chi connectivity index (χ4v) is 4.45. The number of rotatable bonds is 7. The molecule has 2 aromatic carbocycles. The number of hydrogen-bond acceptors (Lipinski definition) is 5. The first-order chi connectivity index (χ1) is 17.9. The highest BCUT2D eigenvalue weighted by Crippen LogP contribution is 2.40. The summed E-state index contributed by atoms with van der Waals surface area (Å²) in [6.07, 6.45) is 3.50. The monoisotopic (exact) mass is 494 g/mol. The van der Waals surface area contributed by atoms with E-state index in [1.807, 2.05) is 43.3 Å². The van der Waals surface area contributed by atoms with Crippen molar-refractivity contribution in [3.8, 4) is 5.75 Å². The Morgan fingerprint density at radius 3 is 2.46 bits per heavy atom. The molecule has 1 unspecified atom stereocenters. The van der Waals surface area contributed by atoms with Crippen LogP contribution in [0.1, 0.15) is 39.8 Å². The summed E-state index contributed by atoms with van der Waals surface area (Å²) in [5, 5.41) is 13.6. The lowest BCUT2D eigenvalue weighted by atomic mass is 9.99. The number of H-pyrrole nitrogens is 1. The van der Waals surface area contributed by atoms with Gasteiger partial charge < -0.3 is 19.2 Å². The van der Waals surface area contributed by atoms with Gasteiger partial charge in [0.1, 0.15) is 29.9 Å². The van der Waals surface area contributed by atoms with Gasteiger partial charge in [-0.3, -0.25) is 9.59 Å². The summed E-state index contributed by atoms with van der Waals surface area (Å²) in [5.41, 5.74) is 3.17. The number of amides is 1. The van der Waals surface area contributed by atoms with Crippen LogP contribution in [0.5, 0.6) is 5.75 Å². The lowest BCUT2D eigenvalue weighted by Crippen LogP contribution is -2.29. The first-order valence-corrected chi connectivity index (χ1v) is 12.0. The van der Waals surface area contributed by atoms with Crippen molar-refractivity contribution in [3.63, 3.8) is 0 Å². The molecular weight excluding hydrogens is 468 g/mol. The Hall–Kier alpha value is -4.65. The molecule has 0 radical (unpaired) electrons. The molecule has 1 amide bonds. The number of benzene rings is 2. The molecule has 1 aliphatic rings. The predicted molar refractivity (Wildman–Crippen MR) is 134 cm³/mol. The minimum atomic E-state index is -0.918. The number of carbonyl (C=O) groups excluding carboxylic acids is 2. The number of Topliss-reactive ketones (excluding diaryl/α,β-unsaturated/α-hetero) is 1. The van der Waals surface area contributed by atoms with Crippen molar-refractivity contribution in [2.24, 2.45) is 0 Å². The van der Waals surface area contributed by atoms with Crippen LogP contribution in [0.25, 0.3) is 5.76 Å². The second kappa shape index (κ2) is 10.1. The fraction of sp³-hybridized carbons (Fsp3) is 0.167. The standard InChI is InChI=1S/C30H26N2O5/c1-19-6-3-4-8-23(19)18-36-24-12-10-22(11-13-24)28(33)26-27(25-14-9-20(2)37-25)32(30(35)29(26)34)17-21-7-5-15-31-16-21/h3-16,27,33H,17-18H2,1-2H3/b28-26+. The van der Waals surface area contributed by atoms with Crippen LogP contribution < -0.4 is 14.8 Å². The molecule has 0 saturated carbocycles. The molecule has 0 spiro atoms. The van der Waals surface area contributed by atoms with Gasteiger partial charge in [-0.25, -0.2) is 4.98 Å². The van der Waals surface area contributed by atoms with E-state index in [1.165, 1.54) is 4.90 Å². The van der Waals surface area contributed by atoms with E-state index in [9.17, 15) is 14.7 Å². The van der Waals surface area contributed by atoms with Gasteiger partial charge in [-0.15, -0.1) is 0 Å². The third kappa shape index (κ3) is 4.89. The van der Waals surface area contributed by atoms with E-state index < -0.39 is 23.5 Å². The number of carbonyl (C=O) groups is 2. The number of aromatic amines is 1. The molecule has 1 N–H and O–H groups in total. The van der Waals surface area contributed by atoms with Gasteiger partial charge in [0.05, 0.1) is 6.54 Å². The van der Waals surface area contributed by atoms with Crippen molar-refractivity contribution in [2.45, 2.75) is 33.0 Å². The molecule has 186 valence electrons. The number of ether oxygens (including phenoxy) is 1. The minimum absolute atomic E-state index is 0.118. The molecule has 7 nitrogen and oxygen atoms in total. The van der Waals surface area contributed by atoms with Crippen LogP contribution in [0, 0.1) is 13.8 Å². The number of hydrogen-bond donors (Lipinski definition) is 0. The zero-order chi connectivity index (χ0) is 25.9. The Morgan fingerprint density at radius 2 is 1.78 bits per heavy atom. The largest absolute Gasteiger partial charge is 0.872 e. The van der Waals surface area contributed by atoms with Crippen LogP contribution >= 0.6 is 0 Å². The highest BCUT2D eigenvalue weighted by atomic mass is 16.5. The maximum absolute atomic E-state index is 13.6. The van der Waals surface area contributed by atoms with Crippen molar-refractivity contribution >= 4 is 17.4 Å². The number of ketones is 1. The lowest BCUT2D eigenvalue weighted by Gasteiger charge is -2.25. The second-order valence-electron chi connectivity index (χ2n) is 9.01. The van der Waals surface area contributed by atoms with Crippen molar-refractivity contribution in [1.29, 1.82) is 0 Å². The van der Waals surface area contributed by atoms with Crippen molar-refractivity contribution in [1.82, 2.24) is 4.90 Å². The Morgan fingerprint density at radius 1 is 1.00 bits per heavy atom. The van der Waals surface area contributed by atoms with Crippen LogP contribution in [0.2, 0.25) is 0 Å². The summed E-state index contributed by atoms with van der Waals surface area (Å²) in [6, 6.07) is 20.7. The third-order valence-electron chi connectivity index (χ3n) is 6.46. The number of nitrogens with one attached hydrogen (secondary N) is 1. The highest BCUT2D eigenvalue weighted by molar-refractivity contribution is 6.46. The molecule has 1 atom stereocenters. The molecule has 4 aromatic rings. The number of nitrogens with zero attached hydrogens (tertiary/aromatic N) is 1. The van der Waals surface area contributed by atoms with Gasteiger partial charge >= 0.3 is 0 Å². The molecule has 2 aromatic heterocycles. The van der Waals surface area contributed by atoms with Gasteiger partial charge in [0.2, 0.25) is 5.78 Å². The van der Waals surface area contributed by atoms with Crippen molar-refractivity contribution in [2.75, 3.05) is 0 Å². The average Bonchev–Trinajstić information content (AvgIpc) is 3.45. The van der Waals surface area contributed by atoms with Crippen molar-refractivity contribution < 1.29 is 28.8 Å². The first kappa shape index (κ1) is 24.1. The molecule has 1 aliphatic heterocycles. The van der Waals surface area contributed by atoms with E-state index in [1.54, 1.807) is 55.7 Å². The third-order valence-corrected chi connectivity index (χ3v) is 6.46. The van der Waals surface area contributed by atoms with Crippen molar-refractivity contribution in [3.05, 3.63) is 125 Å². The second-order valence-corrected chi connectivity index (χ2v) is 9.01. The van der Waals surface area contributed by atoms with Gasteiger partial charge in [0, 0.05) is 17.2 Å². The molecular formula is C30H26N2O5. The van der Waals surface area contributed by atoms with E-state index in [2.05, 4.69) is 4.98 Å². The Bertz CT molecular complexity index is 1470. The van der Waals surface area contributed by atoms with Gasteiger partial charge in [-0.2, -0.15) is 0 Å². The quantitative estimate of drug-likeness (QED) is 0.222. The first-order valence-electron chi connectivity index (χ1n) is 12.0. The number of aromatic nitrogens is 1. The van der Waals surface area contributed by atoms with Crippen LogP contribution in [-0.4, -0.2) is 16.6 Å². The summed E-state index contributed by atoms with van der Waals surface area (Å²) in [7, 11) is 0. The van der Waals surface area contributed by atoms with Crippen LogP contribution in [0.15, 0.2) is 95.2 Å². The minimum Gasteiger partial charge on any atom is -0.872 e. The molecule has 5 rings (SSSR count). The molecule has 1 fully saturated rings. The van der Waals surface area contributed by atoms with E-state index >= 15 is 0 Å². The molecule has 0 bridgehead atoms. The summed E-state index contributed by atoms with van der Waals surface area (Å²) in [6.45, 7) is 4.34. The zero-order valence-electron chi connectivity index (χ0n) is 20.6. The summed E-state index contributed by atoms with van der Waals surface area (Å²) in [4.78, 5) is 30.6. The Labute approximate surface area is 214 Å². The molecule has 3 heterocycles. The van der Waals surface area contributed by atoms with E-state index in [4.69, 9.17) is 9.15 Å². The number of aryl methyl sites for hydroxylation is 2. The van der Waals surface area contributed by atoms with Crippen LogP contribution in [0.3, 0.4) is 0 Å². The van der Waals surface area contributed by atoms with E-state index in [0.717, 1.165) is 16.7 Å². The topological polar surface area (TPSA) is 97.0 Å². The molecule has 1 saturated heterocycles.